The van der Waals surface area contributed by atoms with Crippen molar-refractivity contribution in [2.75, 3.05) is 39.6 Å². The predicted octanol–water partition coefficient (Wildman–Crippen LogP) is 13.5. The number of carboxylic acids is 3. The number of ether oxygens (including phenoxy) is 8. The van der Waals surface area contributed by atoms with E-state index in [0.29, 0.717) is 83.4 Å². The van der Waals surface area contributed by atoms with Gasteiger partial charge in [0.1, 0.15) is 59.2 Å². The van der Waals surface area contributed by atoms with E-state index in [1.165, 1.54) is 64.2 Å². The normalized spacial score (nSPS) is 12.8. The number of nitrogens with zero attached hydrogens (tertiary/aromatic N) is 3. The van der Waals surface area contributed by atoms with Crippen molar-refractivity contribution in [2.24, 2.45) is 0 Å². The number of aliphatic hydroxyl groups excluding tert-OH is 1. The molecule has 2 aliphatic rings. The summed E-state index contributed by atoms with van der Waals surface area (Å²) in [6.07, 6.45) is 39.2. The number of aromatic nitrogens is 3. The minimum atomic E-state index is -1.22. The number of hydrogen-bond donors (Lipinski definition) is 4. The fraction of sp³-hybridized carbons (Fsp3) is 0.435. The zero-order valence-electron chi connectivity index (χ0n) is 50.9. The maximum Gasteiger partial charge on any atom is 2.00 e. The van der Waals surface area contributed by atoms with Crippen molar-refractivity contribution in [3.8, 4) is 57.1 Å². The van der Waals surface area contributed by atoms with E-state index in [-0.39, 0.29) is 59.9 Å². The summed E-state index contributed by atoms with van der Waals surface area (Å²) in [6, 6.07) is 18.7. The number of hydrogen-bond acceptors (Lipinski definition) is 14. The van der Waals surface area contributed by atoms with Gasteiger partial charge in [-0.05, 0) is 154 Å². The molecule has 4 aromatic carbocycles. The Labute approximate surface area is 531 Å². The maximum atomic E-state index is 12.0. The average Bonchev–Trinajstić information content (AvgIpc) is 2.04. The Morgan fingerprint density at radius 1 is 0.443 bits per heavy atom. The van der Waals surface area contributed by atoms with Crippen LogP contribution >= 0.6 is 0 Å². The van der Waals surface area contributed by atoms with E-state index in [9.17, 15) is 34.8 Å². The van der Waals surface area contributed by atoms with Gasteiger partial charge in [0.05, 0.1) is 37.7 Å². The summed E-state index contributed by atoms with van der Waals surface area (Å²) in [7, 11) is 0. The molecule has 474 valence electrons. The van der Waals surface area contributed by atoms with Gasteiger partial charge in [0.15, 0.2) is 19.8 Å². The zero-order valence-corrected chi connectivity index (χ0v) is 52.0. The number of aliphatic hydroxyl groups is 1. The molecule has 88 heavy (non-hydrogen) atoms. The van der Waals surface area contributed by atoms with E-state index in [0.717, 1.165) is 50.1 Å². The van der Waals surface area contributed by atoms with Gasteiger partial charge >= 0.3 is 35.0 Å². The standard InChI is InChI=1S/C64H82N3O15.C5H5.Fe/c1-3-5-7-9-11-13-15-19-25-75-53-28-49(30-55(36-53)80-44-61(69)70)42-78-57-34-51(35-58(38-57)79-43-50-29-54(37-56(31-50)81-45-62(71)72)76-26-20-16-14-12-10-8-6-4-2)64-59(32-48(41-68)33-60(64)82-46-63(73)74)77-27-21-24-52-40-67(66-65-52)39-47-22-17-18-23-47;1-2-4-5-3-1;/h17-18,22-23,28-38,40,68H,3-16,19-21,24-27,39,41-46H2,1-2H3,(H,69,70)(H,71,72)(H,73,74);1-5H;/q;;+2. The first-order chi connectivity index (χ1) is 42.5. The second kappa shape index (κ2) is 42.3. The Kier molecular flexibility index (Phi) is 34.6. The summed E-state index contributed by atoms with van der Waals surface area (Å²) in [5, 5.41) is 47.8. The van der Waals surface area contributed by atoms with Gasteiger partial charge < -0.3 is 58.3 Å². The smallest absolute Gasteiger partial charge is 0.493 e. The van der Waals surface area contributed by atoms with Crippen molar-refractivity contribution in [1.29, 1.82) is 0 Å². The van der Waals surface area contributed by atoms with Crippen LogP contribution in [0.3, 0.4) is 0 Å². The number of carbonyl (C=O) groups is 3. The molecule has 0 spiro atoms. The minimum Gasteiger partial charge on any atom is -0.493 e. The summed E-state index contributed by atoms with van der Waals surface area (Å²) >= 11 is 0. The third-order valence-electron chi connectivity index (χ3n) is 13.8. The Balaban J connectivity index is 0.00000223. The van der Waals surface area contributed by atoms with Gasteiger partial charge in [-0.1, -0.05) is 109 Å². The van der Waals surface area contributed by atoms with Gasteiger partial charge in [-0.3, -0.25) is 4.68 Å². The van der Waals surface area contributed by atoms with Crippen LogP contribution < -0.4 is 37.9 Å². The number of unbranched alkanes of at least 4 members (excludes halogenated alkanes) is 14. The molecule has 19 heteroatoms. The van der Waals surface area contributed by atoms with Crippen LogP contribution in [-0.4, -0.2) is 93.0 Å². The molecule has 2 aliphatic carbocycles. The number of aliphatic carboxylic acids is 3. The first-order valence-corrected chi connectivity index (χ1v) is 30.6. The molecule has 5 aromatic rings. The number of benzene rings is 4. The Morgan fingerprint density at radius 3 is 1.31 bits per heavy atom. The number of carboxylic acid groups (broad SMARTS) is 3. The molecule has 2 saturated carbocycles. The molecule has 1 heterocycles. The molecule has 18 nitrogen and oxygen atoms in total. The molecule has 0 aliphatic heterocycles. The quantitative estimate of drug-likeness (QED) is 0.0209. The first kappa shape index (κ1) is 72.1. The van der Waals surface area contributed by atoms with E-state index in [1.54, 1.807) is 59.3 Å². The molecular formula is C69H87FeN3O15+2. The molecule has 0 bridgehead atoms. The van der Waals surface area contributed by atoms with Gasteiger partial charge in [-0.2, -0.15) is 0 Å². The van der Waals surface area contributed by atoms with E-state index in [2.05, 4.69) is 24.2 Å². The number of rotatable bonds is 44. The molecule has 10 radical (unpaired) electrons. The Bertz CT molecular complexity index is 2680. The van der Waals surface area contributed by atoms with Crippen LogP contribution in [-0.2, 0) is 64.2 Å². The van der Waals surface area contributed by atoms with Crippen LogP contribution in [0.1, 0.15) is 145 Å². The van der Waals surface area contributed by atoms with Crippen LogP contribution in [0, 0.1) is 63.7 Å². The molecule has 0 saturated heterocycles. The Hall–Kier alpha value is -6.69. The van der Waals surface area contributed by atoms with Crippen molar-refractivity contribution in [3.05, 3.63) is 159 Å². The first-order valence-electron chi connectivity index (χ1n) is 30.6. The van der Waals surface area contributed by atoms with Crippen molar-refractivity contribution < 1.29 is 89.8 Å². The van der Waals surface area contributed by atoms with Gasteiger partial charge in [-0.15, -0.1) is 5.10 Å². The summed E-state index contributed by atoms with van der Waals surface area (Å²) in [6.45, 7) is 3.84. The fourth-order valence-corrected chi connectivity index (χ4v) is 9.50. The molecular weight excluding hydrogens is 1170 g/mol. The van der Waals surface area contributed by atoms with Gasteiger partial charge in [0.2, 0.25) is 0 Å². The van der Waals surface area contributed by atoms with E-state index < -0.39 is 44.3 Å². The third-order valence-corrected chi connectivity index (χ3v) is 13.8. The van der Waals surface area contributed by atoms with Crippen molar-refractivity contribution in [3.63, 3.8) is 0 Å². The maximum absolute atomic E-state index is 12.0. The van der Waals surface area contributed by atoms with Crippen LogP contribution in [0.15, 0.2) is 72.9 Å². The van der Waals surface area contributed by atoms with Gasteiger partial charge in [0, 0.05) is 36.9 Å². The van der Waals surface area contributed by atoms with Crippen LogP contribution in [0.2, 0.25) is 0 Å². The van der Waals surface area contributed by atoms with E-state index in [4.69, 9.17) is 37.9 Å². The molecule has 0 atom stereocenters. The largest absolute Gasteiger partial charge is 2.00 e. The SMILES string of the molecule is CCCCCCCCCCOc1cc(COc2cc(OCc3cc(OCCCCCCCCCC)cc(OCC(=O)O)c3)cc(-c3c(OCCCc4cn(C[C]5[CH][CH][CH][CH]5)nn4)cc(CO)cc3OCC(=O)O)c2)cc(OCC(=O)O)c1.[CH]1[CH][CH][CH][CH]1.[Fe+2]. The Morgan fingerprint density at radius 2 is 0.852 bits per heavy atom. The monoisotopic (exact) mass is 1250 g/mol. The van der Waals surface area contributed by atoms with Gasteiger partial charge in [0.25, 0.3) is 0 Å². The van der Waals surface area contributed by atoms with Crippen LogP contribution in [0.4, 0.5) is 0 Å². The molecule has 7 rings (SSSR count). The van der Waals surface area contributed by atoms with Crippen LogP contribution in [0.25, 0.3) is 11.1 Å². The number of aryl methyl sites for hydroxylation is 1. The zero-order chi connectivity index (χ0) is 61.7. The predicted molar refractivity (Wildman–Crippen MR) is 331 cm³/mol. The average molecular weight is 1250 g/mol. The van der Waals surface area contributed by atoms with Gasteiger partial charge in [-0.25, -0.2) is 14.4 Å². The minimum absolute atomic E-state index is 0. The third kappa shape index (κ3) is 28.6. The molecule has 4 N–H and O–H groups in total. The summed E-state index contributed by atoms with van der Waals surface area (Å²) < 4.78 is 50.9. The molecule has 2 fully saturated rings. The summed E-state index contributed by atoms with van der Waals surface area (Å²) in [4.78, 5) is 35.2. The van der Waals surface area contributed by atoms with Crippen molar-refractivity contribution in [1.82, 2.24) is 15.0 Å². The van der Waals surface area contributed by atoms with Crippen LogP contribution in [0.5, 0.6) is 46.0 Å². The molecule has 1 aromatic heterocycles. The van der Waals surface area contributed by atoms with E-state index in [1.807, 2.05) is 76.1 Å². The van der Waals surface area contributed by atoms with Crippen molar-refractivity contribution in [2.45, 2.75) is 156 Å². The van der Waals surface area contributed by atoms with E-state index >= 15 is 0 Å². The summed E-state index contributed by atoms with van der Waals surface area (Å²) in [5.74, 6) is 0.211. The topological polar surface area (TPSA) is 237 Å². The molecule has 0 unspecified atom stereocenters. The van der Waals surface area contributed by atoms with Crippen molar-refractivity contribution >= 4 is 17.9 Å². The second-order valence-electron chi connectivity index (χ2n) is 21.3. The second-order valence-corrected chi connectivity index (χ2v) is 21.3. The summed E-state index contributed by atoms with van der Waals surface area (Å²) in [5.41, 5.74) is 3.23. The molecule has 0 amide bonds. The fourth-order valence-electron chi connectivity index (χ4n) is 9.50.